The number of hydrogen-bond acceptors (Lipinski definition) is 3. The molecular weight excluding hydrogens is 260 g/mol. The van der Waals surface area contributed by atoms with Crippen LogP contribution in [0.4, 0.5) is 4.79 Å². The molecule has 0 saturated carbocycles. The Morgan fingerprint density at radius 2 is 2.00 bits per heavy atom. The standard InChI is InChI=1S/C14H18N2O4/c1-3-8-16(2)14(20)15-12(13(18)19)9-10-4-6-11(17)7-5-10/h3-7,12,17H,1,8-9H2,2H3,(H,15,20)(H,18,19). The number of urea groups is 1. The van der Waals surface area contributed by atoms with E-state index in [-0.39, 0.29) is 12.2 Å². The molecule has 20 heavy (non-hydrogen) atoms. The third-order valence-electron chi connectivity index (χ3n) is 2.72. The largest absolute Gasteiger partial charge is 0.508 e. The number of likely N-dealkylation sites (N-methyl/N-ethyl adjacent to an activating group) is 1. The van der Waals surface area contributed by atoms with Crippen LogP contribution in [-0.2, 0) is 11.2 Å². The fourth-order valence-corrected chi connectivity index (χ4v) is 1.60. The molecule has 0 saturated heterocycles. The summed E-state index contributed by atoms with van der Waals surface area (Å²) in [6, 6.07) is 4.67. The van der Waals surface area contributed by atoms with E-state index in [1.165, 1.54) is 17.0 Å². The van der Waals surface area contributed by atoms with Gasteiger partial charge in [0.2, 0.25) is 0 Å². The molecule has 0 fully saturated rings. The Bertz CT molecular complexity index is 484. The molecular formula is C14H18N2O4. The smallest absolute Gasteiger partial charge is 0.326 e. The summed E-state index contributed by atoms with van der Waals surface area (Å²) in [4.78, 5) is 24.3. The minimum Gasteiger partial charge on any atom is -0.508 e. The lowest BCUT2D eigenvalue weighted by Crippen LogP contribution is -2.47. The fraction of sp³-hybridized carbons (Fsp3) is 0.286. The monoisotopic (exact) mass is 278 g/mol. The van der Waals surface area contributed by atoms with Crippen molar-refractivity contribution in [2.45, 2.75) is 12.5 Å². The molecule has 0 heterocycles. The number of hydrogen-bond donors (Lipinski definition) is 3. The first-order chi connectivity index (χ1) is 9.43. The number of carbonyl (C=O) groups is 2. The van der Waals surface area contributed by atoms with E-state index in [0.717, 1.165) is 0 Å². The van der Waals surface area contributed by atoms with Crippen molar-refractivity contribution in [2.24, 2.45) is 0 Å². The minimum atomic E-state index is -1.11. The summed E-state index contributed by atoms with van der Waals surface area (Å²) in [5.74, 6) is -1.01. The highest BCUT2D eigenvalue weighted by Crippen LogP contribution is 2.11. The number of aromatic hydroxyl groups is 1. The average molecular weight is 278 g/mol. The van der Waals surface area contributed by atoms with Gasteiger partial charge < -0.3 is 20.4 Å². The molecule has 0 radical (unpaired) electrons. The van der Waals surface area contributed by atoms with E-state index in [9.17, 15) is 14.7 Å². The van der Waals surface area contributed by atoms with Gasteiger partial charge in [-0.15, -0.1) is 6.58 Å². The van der Waals surface area contributed by atoms with Crippen LogP contribution < -0.4 is 5.32 Å². The molecule has 6 nitrogen and oxygen atoms in total. The summed E-state index contributed by atoms with van der Waals surface area (Å²) in [5, 5.41) is 20.8. The predicted octanol–water partition coefficient (Wildman–Crippen LogP) is 1.22. The molecule has 6 heteroatoms. The number of carboxylic acids is 1. The Balaban J connectivity index is 2.70. The van der Waals surface area contributed by atoms with Crippen LogP contribution in [0.5, 0.6) is 5.75 Å². The number of carbonyl (C=O) groups excluding carboxylic acids is 1. The van der Waals surface area contributed by atoms with Crippen LogP contribution in [0.3, 0.4) is 0 Å². The second kappa shape index (κ2) is 7.18. The van der Waals surface area contributed by atoms with E-state index in [1.807, 2.05) is 0 Å². The molecule has 0 aliphatic heterocycles. The number of phenolic OH excluding ortho intramolecular Hbond substituents is 1. The van der Waals surface area contributed by atoms with Crippen molar-refractivity contribution < 1.29 is 19.8 Å². The maximum Gasteiger partial charge on any atom is 0.326 e. The van der Waals surface area contributed by atoms with Gasteiger partial charge in [-0.3, -0.25) is 0 Å². The molecule has 2 amide bonds. The number of phenols is 1. The van der Waals surface area contributed by atoms with Gasteiger partial charge in [0.25, 0.3) is 0 Å². The summed E-state index contributed by atoms with van der Waals surface area (Å²) in [5.41, 5.74) is 0.710. The minimum absolute atomic E-state index is 0.107. The van der Waals surface area contributed by atoms with E-state index in [1.54, 1.807) is 25.3 Å². The van der Waals surface area contributed by atoms with Crippen molar-refractivity contribution in [1.82, 2.24) is 10.2 Å². The number of nitrogens with one attached hydrogen (secondary N) is 1. The summed E-state index contributed by atoms with van der Waals surface area (Å²) in [7, 11) is 1.55. The number of amides is 2. The molecule has 3 N–H and O–H groups in total. The Hall–Kier alpha value is -2.50. The van der Waals surface area contributed by atoms with E-state index in [4.69, 9.17) is 5.11 Å². The lowest BCUT2D eigenvalue weighted by atomic mass is 10.1. The molecule has 1 rings (SSSR count). The third kappa shape index (κ3) is 4.64. The van der Waals surface area contributed by atoms with Crippen molar-refractivity contribution >= 4 is 12.0 Å². The summed E-state index contributed by atoms with van der Waals surface area (Å²) >= 11 is 0. The molecule has 1 atom stereocenters. The highest BCUT2D eigenvalue weighted by atomic mass is 16.4. The molecule has 108 valence electrons. The number of aliphatic carboxylic acids is 1. The van der Waals surface area contributed by atoms with Crippen LogP contribution in [0.25, 0.3) is 0 Å². The van der Waals surface area contributed by atoms with Gasteiger partial charge in [0, 0.05) is 20.0 Å². The van der Waals surface area contributed by atoms with Crippen molar-refractivity contribution in [3.8, 4) is 5.75 Å². The van der Waals surface area contributed by atoms with Gasteiger partial charge in [-0.25, -0.2) is 9.59 Å². The lowest BCUT2D eigenvalue weighted by Gasteiger charge is -2.20. The molecule has 1 aromatic carbocycles. The third-order valence-corrected chi connectivity index (χ3v) is 2.72. The predicted molar refractivity (Wildman–Crippen MR) is 74.6 cm³/mol. The van der Waals surface area contributed by atoms with Crippen LogP contribution in [0.2, 0.25) is 0 Å². The van der Waals surface area contributed by atoms with Gasteiger partial charge in [0.15, 0.2) is 0 Å². The Kier molecular flexibility index (Phi) is 5.58. The van der Waals surface area contributed by atoms with Crippen molar-refractivity contribution in [1.29, 1.82) is 0 Å². The second-order valence-corrected chi connectivity index (χ2v) is 4.38. The van der Waals surface area contributed by atoms with Gasteiger partial charge in [-0.05, 0) is 17.7 Å². The van der Waals surface area contributed by atoms with Crippen molar-refractivity contribution in [3.05, 3.63) is 42.5 Å². The molecule has 0 spiro atoms. The Morgan fingerprint density at radius 3 is 2.50 bits per heavy atom. The zero-order valence-corrected chi connectivity index (χ0v) is 11.2. The summed E-state index contributed by atoms with van der Waals surface area (Å²) < 4.78 is 0. The van der Waals surface area contributed by atoms with E-state index in [0.29, 0.717) is 12.1 Å². The van der Waals surface area contributed by atoms with Crippen LogP contribution in [0.15, 0.2) is 36.9 Å². The van der Waals surface area contributed by atoms with Crippen LogP contribution >= 0.6 is 0 Å². The van der Waals surface area contributed by atoms with Gasteiger partial charge in [0.05, 0.1) is 0 Å². The first-order valence-electron chi connectivity index (χ1n) is 6.07. The summed E-state index contributed by atoms with van der Waals surface area (Å²) in [6.07, 6.45) is 1.69. The van der Waals surface area contributed by atoms with E-state index < -0.39 is 18.0 Å². The first-order valence-corrected chi connectivity index (χ1v) is 6.07. The SMILES string of the molecule is C=CCN(C)C(=O)NC(Cc1ccc(O)cc1)C(=O)O. The molecule has 0 aliphatic carbocycles. The van der Waals surface area contributed by atoms with Gasteiger partial charge in [-0.2, -0.15) is 0 Å². The molecule has 1 unspecified atom stereocenters. The van der Waals surface area contributed by atoms with Crippen LogP contribution in [0.1, 0.15) is 5.56 Å². The Labute approximate surface area is 117 Å². The molecule has 0 aromatic heterocycles. The van der Waals surface area contributed by atoms with Gasteiger partial charge in [-0.1, -0.05) is 18.2 Å². The van der Waals surface area contributed by atoms with Crippen molar-refractivity contribution in [3.63, 3.8) is 0 Å². The molecule has 1 aromatic rings. The zero-order chi connectivity index (χ0) is 15.1. The number of nitrogens with zero attached hydrogens (tertiary/aromatic N) is 1. The van der Waals surface area contributed by atoms with Gasteiger partial charge in [0.1, 0.15) is 11.8 Å². The first kappa shape index (κ1) is 15.6. The topological polar surface area (TPSA) is 89.9 Å². The highest BCUT2D eigenvalue weighted by molar-refractivity contribution is 5.82. The summed E-state index contributed by atoms with van der Waals surface area (Å²) in [6.45, 7) is 3.84. The maximum absolute atomic E-state index is 11.8. The lowest BCUT2D eigenvalue weighted by molar-refractivity contribution is -0.139. The fourth-order valence-electron chi connectivity index (χ4n) is 1.60. The van der Waals surface area contributed by atoms with E-state index >= 15 is 0 Å². The van der Waals surface area contributed by atoms with Crippen LogP contribution in [-0.4, -0.2) is 46.7 Å². The second-order valence-electron chi connectivity index (χ2n) is 4.38. The number of rotatable bonds is 6. The quantitative estimate of drug-likeness (QED) is 0.682. The maximum atomic E-state index is 11.8. The normalized spacial score (nSPS) is 11.4. The number of benzene rings is 1. The highest BCUT2D eigenvalue weighted by Gasteiger charge is 2.21. The van der Waals surface area contributed by atoms with Crippen molar-refractivity contribution in [2.75, 3.05) is 13.6 Å². The average Bonchev–Trinajstić information content (AvgIpc) is 2.40. The Morgan fingerprint density at radius 1 is 1.40 bits per heavy atom. The van der Waals surface area contributed by atoms with Gasteiger partial charge >= 0.3 is 12.0 Å². The molecule has 0 bridgehead atoms. The van der Waals surface area contributed by atoms with E-state index in [2.05, 4.69) is 11.9 Å². The number of carboxylic acid groups (broad SMARTS) is 1. The van der Waals surface area contributed by atoms with Crippen LogP contribution in [0, 0.1) is 0 Å². The molecule has 0 aliphatic rings. The zero-order valence-electron chi connectivity index (χ0n) is 11.2.